The highest BCUT2D eigenvalue weighted by molar-refractivity contribution is 5.43. The van der Waals surface area contributed by atoms with E-state index in [1.165, 1.54) is 11.1 Å². The molecule has 24 heavy (non-hydrogen) atoms. The fraction of sp³-hybridized carbons (Fsp3) is 0.400. The van der Waals surface area contributed by atoms with Gasteiger partial charge >= 0.3 is 0 Å². The largest absolute Gasteiger partial charge is 0.493 e. The minimum Gasteiger partial charge on any atom is -0.493 e. The van der Waals surface area contributed by atoms with Gasteiger partial charge in [-0.05, 0) is 43.1 Å². The van der Waals surface area contributed by atoms with Crippen LogP contribution in [-0.2, 0) is 6.54 Å². The molecule has 0 amide bonds. The first-order valence-electron chi connectivity index (χ1n) is 8.63. The molecule has 0 saturated carbocycles. The van der Waals surface area contributed by atoms with Gasteiger partial charge in [0.05, 0.1) is 13.7 Å². The molecule has 128 valence electrons. The predicted molar refractivity (Wildman–Crippen MR) is 96.6 cm³/mol. The Labute approximate surface area is 144 Å². The molecule has 3 rings (SSSR count). The molecule has 0 aromatic heterocycles. The van der Waals surface area contributed by atoms with Crippen LogP contribution >= 0.6 is 0 Å². The number of hydrogen-bond acceptors (Lipinski definition) is 4. The van der Waals surface area contributed by atoms with Gasteiger partial charge in [-0.15, -0.1) is 0 Å². The highest BCUT2D eigenvalue weighted by atomic mass is 16.5. The molecule has 0 unspecified atom stereocenters. The Balaban J connectivity index is 1.65. The molecule has 1 aliphatic heterocycles. The lowest BCUT2D eigenvalue weighted by Gasteiger charge is -2.21. The summed E-state index contributed by atoms with van der Waals surface area (Å²) in [6.45, 7) is 4.48. The van der Waals surface area contributed by atoms with Crippen molar-refractivity contribution < 1.29 is 9.47 Å². The Kier molecular flexibility index (Phi) is 5.72. The Morgan fingerprint density at radius 2 is 1.96 bits per heavy atom. The Morgan fingerprint density at radius 1 is 1.12 bits per heavy atom. The highest BCUT2D eigenvalue weighted by Crippen LogP contribution is 2.29. The van der Waals surface area contributed by atoms with E-state index in [4.69, 9.17) is 9.47 Å². The first kappa shape index (κ1) is 16.8. The Bertz CT molecular complexity index is 645. The Hall–Kier alpha value is -2.04. The zero-order chi connectivity index (χ0) is 16.8. The van der Waals surface area contributed by atoms with E-state index < -0.39 is 0 Å². The smallest absolute Gasteiger partial charge is 0.161 e. The molecule has 1 heterocycles. The first-order valence-corrected chi connectivity index (χ1v) is 8.63. The van der Waals surface area contributed by atoms with E-state index >= 15 is 0 Å². The quantitative estimate of drug-likeness (QED) is 0.819. The van der Waals surface area contributed by atoms with Crippen molar-refractivity contribution in [2.75, 3.05) is 20.3 Å². The lowest BCUT2D eigenvalue weighted by molar-refractivity contribution is 0.310. The number of nitrogens with one attached hydrogen (secondary N) is 2. The van der Waals surface area contributed by atoms with E-state index in [0.29, 0.717) is 18.7 Å². The van der Waals surface area contributed by atoms with Crippen LogP contribution in [-0.4, -0.2) is 26.3 Å². The van der Waals surface area contributed by atoms with Crippen LogP contribution in [0.1, 0.15) is 30.5 Å². The minimum atomic E-state index is 0.371. The second-order valence-electron chi connectivity index (χ2n) is 6.04. The van der Waals surface area contributed by atoms with Crippen LogP contribution in [0.2, 0.25) is 0 Å². The molecule has 0 radical (unpaired) electrons. The molecule has 1 saturated heterocycles. The number of methoxy groups -OCH3 is 1. The zero-order valence-corrected chi connectivity index (χ0v) is 14.4. The van der Waals surface area contributed by atoms with E-state index in [9.17, 15) is 0 Å². The SMILES string of the molecule is CCOc1cc(CN[C@H]2CCN[C@H]2c2ccccc2)ccc1OC. The monoisotopic (exact) mass is 326 g/mol. The average Bonchev–Trinajstić information content (AvgIpc) is 3.10. The molecule has 1 aliphatic rings. The highest BCUT2D eigenvalue weighted by Gasteiger charge is 2.27. The number of ether oxygens (including phenoxy) is 2. The van der Waals surface area contributed by atoms with Crippen LogP contribution in [0.3, 0.4) is 0 Å². The maximum atomic E-state index is 5.67. The van der Waals surface area contributed by atoms with E-state index in [2.05, 4.69) is 53.1 Å². The summed E-state index contributed by atoms with van der Waals surface area (Å²) < 4.78 is 11.0. The second kappa shape index (κ2) is 8.18. The molecule has 1 fully saturated rings. The van der Waals surface area contributed by atoms with Crippen molar-refractivity contribution >= 4 is 0 Å². The third kappa shape index (κ3) is 3.89. The lowest BCUT2D eigenvalue weighted by Crippen LogP contribution is -2.33. The van der Waals surface area contributed by atoms with Gasteiger partial charge in [0, 0.05) is 18.6 Å². The topological polar surface area (TPSA) is 42.5 Å². The molecule has 0 bridgehead atoms. The van der Waals surface area contributed by atoms with E-state index in [-0.39, 0.29) is 0 Å². The van der Waals surface area contributed by atoms with Crippen LogP contribution < -0.4 is 20.1 Å². The standard InChI is InChI=1S/C20H26N2O2/c1-3-24-19-13-15(9-10-18(19)23-2)14-22-17-11-12-21-20(17)16-7-5-4-6-8-16/h4-10,13,17,20-22H,3,11-12,14H2,1-2H3/t17-,20-/m0/s1. The average molecular weight is 326 g/mol. The van der Waals surface area contributed by atoms with Gasteiger partial charge in [0.2, 0.25) is 0 Å². The molecule has 4 nitrogen and oxygen atoms in total. The van der Waals surface area contributed by atoms with Crippen molar-refractivity contribution in [3.8, 4) is 11.5 Å². The van der Waals surface area contributed by atoms with E-state index in [0.717, 1.165) is 31.0 Å². The second-order valence-corrected chi connectivity index (χ2v) is 6.04. The molecule has 2 aromatic carbocycles. The fourth-order valence-electron chi connectivity index (χ4n) is 3.28. The number of benzene rings is 2. The van der Waals surface area contributed by atoms with Crippen LogP contribution in [0.5, 0.6) is 11.5 Å². The fourth-order valence-corrected chi connectivity index (χ4v) is 3.28. The van der Waals surface area contributed by atoms with Gasteiger partial charge in [0.25, 0.3) is 0 Å². The normalized spacial score (nSPS) is 20.1. The third-order valence-electron chi connectivity index (χ3n) is 4.48. The van der Waals surface area contributed by atoms with Gasteiger partial charge in [-0.2, -0.15) is 0 Å². The molecule has 2 atom stereocenters. The van der Waals surface area contributed by atoms with E-state index in [1.54, 1.807) is 7.11 Å². The summed E-state index contributed by atoms with van der Waals surface area (Å²) in [5.74, 6) is 1.59. The van der Waals surface area contributed by atoms with Gasteiger partial charge in [-0.25, -0.2) is 0 Å². The maximum Gasteiger partial charge on any atom is 0.161 e. The van der Waals surface area contributed by atoms with E-state index in [1.807, 2.05) is 13.0 Å². The summed E-state index contributed by atoms with van der Waals surface area (Å²) in [4.78, 5) is 0. The molecule has 0 aliphatic carbocycles. The Morgan fingerprint density at radius 3 is 2.71 bits per heavy atom. The predicted octanol–water partition coefficient (Wildman–Crippen LogP) is 3.29. The van der Waals surface area contributed by atoms with Gasteiger partial charge in [-0.3, -0.25) is 0 Å². The van der Waals surface area contributed by atoms with Crippen molar-refractivity contribution in [3.63, 3.8) is 0 Å². The summed E-state index contributed by atoms with van der Waals surface area (Å²) >= 11 is 0. The summed E-state index contributed by atoms with van der Waals surface area (Å²) in [6.07, 6.45) is 1.13. The maximum absolute atomic E-state index is 5.67. The van der Waals surface area contributed by atoms with Gasteiger partial charge in [0.15, 0.2) is 11.5 Å². The van der Waals surface area contributed by atoms with Crippen molar-refractivity contribution in [1.82, 2.24) is 10.6 Å². The number of rotatable bonds is 7. The molecule has 4 heteroatoms. The summed E-state index contributed by atoms with van der Waals surface area (Å²) in [6, 6.07) is 17.6. The molecule has 0 spiro atoms. The van der Waals surface area contributed by atoms with Crippen molar-refractivity contribution in [2.45, 2.75) is 32.0 Å². The molecule has 2 aromatic rings. The summed E-state index contributed by atoms with van der Waals surface area (Å²) in [7, 11) is 1.67. The van der Waals surface area contributed by atoms with Gasteiger partial charge in [-0.1, -0.05) is 36.4 Å². The third-order valence-corrected chi connectivity index (χ3v) is 4.48. The van der Waals surface area contributed by atoms with Crippen molar-refractivity contribution in [1.29, 1.82) is 0 Å². The van der Waals surface area contributed by atoms with Crippen molar-refractivity contribution in [3.05, 3.63) is 59.7 Å². The summed E-state index contributed by atoms with van der Waals surface area (Å²) in [5.41, 5.74) is 2.55. The van der Waals surface area contributed by atoms with Crippen molar-refractivity contribution in [2.24, 2.45) is 0 Å². The van der Waals surface area contributed by atoms with Crippen LogP contribution in [0.25, 0.3) is 0 Å². The minimum absolute atomic E-state index is 0.371. The first-order chi connectivity index (χ1) is 11.8. The van der Waals surface area contributed by atoms with Crippen LogP contribution in [0.15, 0.2) is 48.5 Å². The zero-order valence-electron chi connectivity index (χ0n) is 14.4. The lowest BCUT2D eigenvalue weighted by atomic mass is 10.0. The van der Waals surface area contributed by atoms with Crippen LogP contribution in [0.4, 0.5) is 0 Å². The van der Waals surface area contributed by atoms with Gasteiger partial charge in [0.1, 0.15) is 0 Å². The van der Waals surface area contributed by atoms with Crippen LogP contribution in [0, 0.1) is 0 Å². The molecule has 2 N–H and O–H groups in total. The summed E-state index contributed by atoms with van der Waals surface area (Å²) in [5, 5.41) is 7.30. The number of hydrogen-bond donors (Lipinski definition) is 2. The molecular weight excluding hydrogens is 300 g/mol. The van der Waals surface area contributed by atoms with Gasteiger partial charge < -0.3 is 20.1 Å². The molecular formula is C20H26N2O2.